The van der Waals surface area contributed by atoms with E-state index in [0.717, 1.165) is 16.3 Å². The van der Waals surface area contributed by atoms with Crippen molar-refractivity contribution < 1.29 is 19.1 Å². The van der Waals surface area contributed by atoms with E-state index in [0.29, 0.717) is 13.0 Å². The molecule has 0 N–H and O–H groups in total. The molecule has 1 atom stereocenters. The highest BCUT2D eigenvalue weighted by Crippen LogP contribution is 2.20. The van der Waals surface area contributed by atoms with E-state index in [1.54, 1.807) is 0 Å². The summed E-state index contributed by atoms with van der Waals surface area (Å²) in [4.78, 5) is 23.2. The lowest BCUT2D eigenvalue weighted by atomic mass is 10.0. The molecule has 0 aromatic heterocycles. The van der Waals surface area contributed by atoms with Crippen molar-refractivity contribution >= 4 is 22.7 Å². The Labute approximate surface area is 116 Å². The van der Waals surface area contributed by atoms with Crippen LogP contribution in [0.5, 0.6) is 0 Å². The lowest BCUT2D eigenvalue weighted by Crippen LogP contribution is -2.23. The number of benzene rings is 2. The number of carbonyl (C=O) groups is 2. The Hall–Kier alpha value is -2.36. The van der Waals surface area contributed by atoms with Crippen LogP contribution >= 0.6 is 0 Å². The van der Waals surface area contributed by atoms with Gasteiger partial charge in [-0.2, -0.15) is 0 Å². The molecule has 0 unspecified atom stereocenters. The highest BCUT2D eigenvalue weighted by molar-refractivity contribution is 5.89. The molecule has 2 aromatic carbocycles. The normalized spacial score (nSPS) is 18.0. The van der Waals surface area contributed by atoms with Crippen LogP contribution in [0.25, 0.3) is 10.8 Å². The first-order chi connectivity index (χ1) is 9.74. The minimum absolute atomic E-state index is 0.158. The molecule has 1 aliphatic heterocycles. The molecule has 0 amide bonds. The van der Waals surface area contributed by atoms with Gasteiger partial charge in [-0.3, -0.25) is 4.79 Å². The molecule has 1 saturated heterocycles. The molecule has 1 aliphatic rings. The van der Waals surface area contributed by atoms with Crippen LogP contribution in [-0.2, 0) is 25.5 Å². The molecule has 102 valence electrons. The van der Waals surface area contributed by atoms with E-state index >= 15 is 0 Å². The summed E-state index contributed by atoms with van der Waals surface area (Å²) in [5.74, 6) is -0.846. The number of hydrogen-bond acceptors (Lipinski definition) is 4. The number of ether oxygens (including phenoxy) is 2. The number of rotatable bonds is 3. The molecule has 1 fully saturated rings. The summed E-state index contributed by atoms with van der Waals surface area (Å²) in [6.07, 6.45) is -0.136. The smallest absolute Gasteiger partial charge is 0.347 e. The summed E-state index contributed by atoms with van der Waals surface area (Å²) in [6, 6.07) is 13.7. The third-order valence-electron chi connectivity index (χ3n) is 3.38. The van der Waals surface area contributed by atoms with Crippen LogP contribution in [0.3, 0.4) is 0 Å². The average molecular weight is 270 g/mol. The fraction of sp³-hybridized carbons (Fsp3) is 0.250. The summed E-state index contributed by atoms with van der Waals surface area (Å²) in [5, 5.41) is 2.11. The molecule has 1 heterocycles. The lowest BCUT2D eigenvalue weighted by Gasteiger charge is -2.09. The van der Waals surface area contributed by atoms with Gasteiger partial charge in [0, 0.05) is 6.42 Å². The minimum Gasteiger partial charge on any atom is -0.463 e. The molecular weight excluding hydrogens is 256 g/mol. The Morgan fingerprint density at radius 3 is 2.80 bits per heavy atom. The second kappa shape index (κ2) is 5.33. The van der Waals surface area contributed by atoms with E-state index < -0.39 is 18.0 Å². The van der Waals surface area contributed by atoms with Gasteiger partial charge in [0.2, 0.25) is 6.10 Å². The fourth-order valence-corrected chi connectivity index (χ4v) is 2.39. The van der Waals surface area contributed by atoms with Crippen molar-refractivity contribution in [1.82, 2.24) is 0 Å². The van der Waals surface area contributed by atoms with Crippen molar-refractivity contribution in [2.24, 2.45) is 0 Å². The molecular formula is C16H14O4. The summed E-state index contributed by atoms with van der Waals surface area (Å²) in [5.41, 5.74) is 0.902. The van der Waals surface area contributed by atoms with Gasteiger partial charge in [-0.15, -0.1) is 0 Å². The van der Waals surface area contributed by atoms with E-state index in [1.165, 1.54) is 0 Å². The van der Waals surface area contributed by atoms with Crippen LogP contribution in [0.15, 0.2) is 42.5 Å². The molecule has 0 spiro atoms. The Morgan fingerprint density at radius 2 is 2.00 bits per heavy atom. The highest BCUT2D eigenvalue weighted by Gasteiger charge is 2.30. The quantitative estimate of drug-likeness (QED) is 0.803. The van der Waals surface area contributed by atoms with Crippen molar-refractivity contribution in [2.45, 2.75) is 18.9 Å². The van der Waals surface area contributed by atoms with Crippen LogP contribution in [0.1, 0.15) is 12.0 Å². The average Bonchev–Trinajstić information content (AvgIpc) is 2.85. The molecule has 0 bridgehead atoms. The van der Waals surface area contributed by atoms with Crippen molar-refractivity contribution in [3.8, 4) is 0 Å². The van der Waals surface area contributed by atoms with Crippen LogP contribution in [0, 0.1) is 0 Å². The van der Waals surface area contributed by atoms with Gasteiger partial charge in [-0.05, 0) is 16.3 Å². The number of carbonyl (C=O) groups excluding carboxylic acids is 2. The Bertz CT molecular complexity index is 657. The van der Waals surface area contributed by atoms with E-state index in [2.05, 4.69) is 0 Å². The minimum atomic E-state index is -0.738. The second-order valence-corrected chi connectivity index (χ2v) is 4.75. The lowest BCUT2D eigenvalue weighted by molar-refractivity contribution is -0.159. The molecule has 3 rings (SSSR count). The van der Waals surface area contributed by atoms with E-state index in [9.17, 15) is 9.59 Å². The predicted octanol–water partition coefficient (Wildman–Crippen LogP) is 2.24. The highest BCUT2D eigenvalue weighted by atomic mass is 16.6. The Balaban J connectivity index is 1.76. The molecule has 0 radical (unpaired) electrons. The first kappa shape index (κ1) is 12.7. The number of hydrogen-bond donors (Lipinski definition) is 0. The van der Waals surface area contributed by atoms with Gasteiger partial charge in [0.25, 0.3) is 0 Å². The zero-order valence-corrected chi connectivity index (χ0v) is 10.9. The number of esters is 2. The van der Waals surface area contributed by atoms with Gasteiger partial charge in [0.15, 0.2) is 0 Å². The Kier molecular flexibility index (Phi) is 3.37. The van der Waals surface area contributed by atoms with Gasteiger partial charge < -0.3 is 9.47 Å². The number of fused-ring (bicyclic) bond motifs is 1. The standard InChI is InChI=1S/C16H14O4/c17-15(20-14-8-9-19-16(14)18)10-12-6-3-5-11-4-1-2-7-13(11)12/h1-7,14H,8-10H2/t14-/m0/s1. The van der Waals surface area contributed by atoms with Gasteiger partial charge in [0.1, 0.15) is 0 Å². The van der Waals surface area contributed by atoms with Gasteiger partial charge in [0.05, 0.1) is 13.0 Å². The summed E-state index contributed by atoms with van der Waals surface area (Å²) < 4.78 is 9.93. The van der Waals surface area contributed by atoms with E-state index in [-0.39, 0.29) is 6.42 Å². The largest absolute Gasteiger partial charge is 0.463 e. The maximum absolute atomic E-state index is 11.9. The molecule has 0 saturated carbocycles. The molecule has 20 heavy (non-hydrogen) atoms. The molecule has 2 aromatic rings. The van der Waals surface area contributed by atoms with E-state index in [1.807, 2.05) is 42.5 Å². The fourth-order valence-electron chi connectivity index (χ4n) is 2.39. The van der Waals surface area contributed by atoms with Crippen molar-refractivity contribution in [3.05, 3.63) is 48.0 Å². The molecule has 4 nitrogen and oxygen atoms in total. The SMILES string of the molecule is O=C(Cc1cccc2ccccc12)O[C@H]1CCOC1=O. The van der Waals surface area contributed by atoms with Crippen LogP contribution in [0.2, 0.25) is 0 Å². The summed E-state index contributed by atoms with van der Waals surface area (Å²) >= 11 is 0. The zero-order valence-electron chi connectivity index (χ0n) is 10.9. The van der Waals surface area contributed by atoms with Crippen LogP contribution in [0.4, 0.5) is 0 Å². The van der Waals surface area contributed by atoms with Crippen molar-refractivity contribution in [2.75, 3.05) is 6.61 Å². The third-order valence-corrected chi connectivity index (χ3v) is 3.38. The second-order valence-electron chi connectivity index (χ2n) is 4.75. The van der Waals surface area contributed by atoms with Gasteiger partial charge in [-0.25, -0.2) is 4.79 Å². The first-order valence-electron chi connectivity index (χ1n) is 6.57. The van der Waals surface area contributed by atoms with E-state index in [4.69, 9.17) is 9.47 Å². The first-order valence-corrected chi connectivity index (χ1v) is 6.57. The zero-order chi connectivity index (χ0) is 13.9. The van der Waals surface area contributed by atoms with Gasteiger partial charge >= 0.3 is 11.9 Å². The third kappa shape index (κ3) is 2.50. The monoisotopic (exact) mass is 270 g/mol. The number of cyclic esters (lactones) is 1. The topological polar surface area (TPSA) is 52.6 Å². The maximum atomic E-state index is 11.9. The van der Waals surface area contributed by atoms with Crippen molar-refractivity contribution in [1.29, 1.82) is 0 Å². The summed E-state index contributed by atoms with van der Waals surface area (Å²) in [7, 11) is 0. The van der Waals surface area contributed by atoms with Gasteiger partial charge in [-0.1, -0.05) is 42.5 Å². The predicted molar refractivity (Wildman–Crippen MR) is 73.1 cm³/mol. The molecule has 4 heteroatoms. The maximum Gasteiger partial charge on any atom is 0.347 e. The van der Waals surface area contributed by atoms with Crippen LogP contribution in [-0.4, -0.2) is 24.6 Å². The molecule has 0 aliphatic carbocycles. The summed E-state index contributed by atoms with van der Waals surface area (Å²) in [6.45, 7) is 0.324. The van der Waals surface area contributed by atoms with Crippen LogP contribution < -0.4 is 0 Å². The Morgan fingerprint density at radius 1 is 1.20 bits per heavy atom. The van der Waals surface area contributed by atoms with Crippen molar-refractivity contribution in [3.63, 3.8) is 0 Å².